The smallest absolute Gasteiger partial charge is 1.00 e. The second-order valence-electron chi connectivity index (χ2n) is 35.9. The number of halogens is 1. The SMILES string of the molecule is CCCCCc1ccc(C(=O)N(Cc2ccc(C(=O)C3CCCC3)cc2)C2CCN(CCC(C)C)CC2)cc1.CCCCCc1ccc(C(=O)N(Cc2ccc(C(=O)N(C)OC)cc2)C2CCN(CCC(C)C)CC2)cc1.CCCCCc1ccc(C(=O)N(Cc2ccc(C(=O)OC)cc2)C2CCN(CCC(C)C)CC2)cc1.CNOC.[Br-].[CH-]1CCCC1.[Mg+2]. The van der Waals surface area contributed by atoms with E-state index >= 15 is 0 Å². The molecular weight excluding hydrogens is 1620 g/mol. The molecule has 6 aromatic carbocycles. The van der Waals surface area contributed by atoms with E-state index in [1.165, 1.54) is 152 Å². The monoisotopic (exact) mass is 1780 g/mol. The number of piperidine rings is 3. The first-order chi connectivity index (χ1) is 59.1. The normalized spacial score (nSPS) is 15.3. The summed E-state index contributed by atoms with van der Waals surface area (Å²) in [6, 6.07) is 48.5. The van der Waals surface area contributed by atoms with Crippen molar-refractivity contribution in [3.8, 4) is 0 Å². The minimum absolute atomic E-state index is 0. The summed E-state index contributed by atoms with van der Waals surface area (Å²) < 4.78 is 4.83. The summed E-state index contributed by atoms with van der Waals surface area (Å²) >= 11 is 0. The van der Waals surface area contributed by atoms with E-state index in [0.29, 0.717) is 54.3 Å². The summed E-state index contributed by atoms with van der Waals surface area (Å²) in [6.45, 7) is 31.6. The molecule has 5 aliphatic rings. The molecule has 0 unspecified atom stereocenters. The zero-order valence-electron chi connectivity index (χ0n) is 78.9. The van der Waals surface area contributed by atoms with Gasteiger partial charge in [0.25, 0.3) is 23.6 Å². The van der Waals surface area contributed by atoms with Gasteiger partial charge in [0.15, 0.2) is 5.78 Å². The Morgan fingerprint density at radius 3 is 0.919 bits per heavy atom. The maximum absolute atomic E-state index is 13.9. The molecule has 2 aliphatic carbocycles. The molecule has 1 N–H and O–H groups in total. The number of hydroxylamine groups is 3. The van der Waals surface area contributed by atoms with Crippen molar-refractivity contribution in [2.75, 3.05) is 94.3 Å². The summed E-state index contributed by atoms with van der Waals surface area (Å²) in [6.07, 6.45) is 36.1. The van der Waals surface area contributed by atoms with Gasteiger partial charge in [0.05, 0.1) is 26.9 Å². The summed E-state index contributed by atoms with van der Waals surface area (Å²) in [4.78, 5) is 102. The maximum Gasteiger partial charge on any atom is 2.00 e. The van der Waals surface area contributed by atoms with Gasteiger partial charge in [-0.3, -0.25) is 28.8 Å². The van der Waals surface area contributed by atoms with E-state index in [9.17, 15) is 28.8 Å². The molecule has 11 rings (SSSR count). The van der Waals surface area contributed by atoms with Crippen LogP contribution >= 0.6 is 0 Å². The number of nitrogens with zero attached hydrogens (tertiary/aromatic N) is 7. The molecule has 3 saturated heterocycles. The zero-order valence-corrected chi connectivity index (χ0v) is 81.9. The number of nitrogens with one attached hydrogen (secondary N) is 1. The number of carbonyl (C=O) groups excluding carboxylic acids is 6. The third-order valence-corrected chi connectivity index (χ3v) is 25.1. The Kier molecular flexibility index (Phi) is 53.0. The zero-order chi connectivity index (χ0) is 88.0. The average molecular weight is 1780 g/mol. The van der Waals surface area contributed by atoms with E-state index in [0.717, 1.165) is 168 Å². The predicted molar refractivity (Wildman–Crippen MR) is 506 cm³/mol. The molecule has 3 aliphatic heterocycles. The largest absolute Gasteiger partial charge is 2.00 e. The number of unbranched alkanes of at least 4 members (excludes halogenated alkanes) is 6. The van der Waals surface area contributed by atoms with E-state index < -0.39 is 0 Å². The van der Waals surface area contributed by atoms with Gasteiger partial charge < -0.3 is 62.4 Å². The molecule has 19 heteroatoms. The van der Waals surface area contributed by atoms with E-state index in [-0.39, 0.29) is 93.7 Å². The van der Waals surface area contributed by atoms with Crippen LogP contribution in [-0.2, 0) is 53.3 Å². The third kappa shape index (κ3) is 38.3. The van der Waals surface area contributed by atoms with Gasteiger partial charge in [-0.05, 0) is 241 Å². The molecule has 6 aromatic rings. The Balaban J connectivity index is 0.000000311. The van der Waals surface area contributed by atoms with Crippen LogP contribution in [0.15, 0.2) is 146 Å². The van der Waals surface area contributed by atoms with Gasteiger partial charge in [-0.25, -0.2) is 15.3 Å². The van der Waals surface area contributed by atoms with Crippen molar-refractivity contribution in [3.05, 3.63) is 219 Å². The molecule has 0 bridgehead atoms. The number of ketones is 1. The molecule has 0 aromatic heterocycles. The van der Waals surface area contributed by atoms with Gasteiger partial charge in [0.2, 0.25) is 0 Å². The van der Waals surface area contributed by atoms with E-state index in [1.54, 1.807) is 33.3 Å². The van der Waals surface area contributed by atoms with Crippen LogP contribution in [0.5, 0.6) is 0 Å². The van der Waals surface area contributed by atoms with Crippen molar-refractivity contribution >= 4 is 58.4 Å². The van der Waals surface area contributed by atoms with E-state index in [2.05, 4.69) is 157 Å². The Hall–Kier alpha value is -6.65. The molecule has 680 valence electrons. The van der Waals surface area contributed by atoms with Crippen LogP contribution in [0, 0.1) is 30.1 Å². The molecule has 5 fully saturated rings. The number of likely N-dealkylation sites (tertiary alicyclic amines) is 3. The van der Waals surface area contributed by atoms with E-state index in [1.807, 2.05) is 84.9 Å². The average Bonchev–Trinajstić information content (AvgIpc) is 0.979. The van der Waals surface area contributed by atoms with Crippen LogP contribution < -0.4 is 22.5 Å². The van der Waals surface area contributed by atoms with Crippen molar-refractivity contribution in [2.45, 2.75) is 286 Å². The first-order valence-corrected chi connectivity index (χ1v) is 47.2. The number of benzene rings is 6. The van der Waals surface area contributed by atoms with Gasteiger partial charge in [-0.15, -0.1) is 0 Å². The van der Waals surface area contributed by atoms with Crippen LogP contribution in [0.2, 0.25) is 0 Å². The van der Waals surface area contributed by atoms with Gasteiger partial charge in [0.1, 0.15) is 0 Å². The first kappa shape index (κ1) is 108. The summed E-state index contributed by atoms with van der Waals surface area (Å²) in [7, 11) is 7.74. The van der Waals surface area contributed by atoms with Crippen LogP contribution in [0.4, 0.5) is 0 Å². The van der Waals surface area contributed by atoms with Crippen molar-refractivity contribution in [2.24, 2.45) is 23.7 Å². The maximum atomic E-state index is 13.9. The molecule has 124 heavy (non-hydrogen) atoms. The molecular formula is C105H157BrMgN8O9. The molecule has 0 atom stereocenters. The molecule has 0 radical (unpaired) electrons. The second-order valence-corrected chi connectivity index (χ2v) is 35.9. The van der Waals surface area contributed by atoms with Crippen molar-refractivity contribution < 1.29 is 60.2 Å². The molecule has 3 heterocycles. The summed E-state index contributed by atoms with van der Waals surface area (Å²) in [5, 5.41) is 1.21. The topological polar surface area (TPSA) is 165 Å². The number of esters is 1. The number of rotatable bonds is 39. The number of hydrogen-bond acceptors (Lipinski definition) is 13. The van der Waals surface area contributed by atoms with Crippen molar-refractivity contribution in [1.29, 1.82) is 0 Å². The van der Waals surface area contributed by atoms with Crippen LogP contribution in [-0.4, -0.2) is 205 Å². The van der Waals surface area contributed by atoms with E-state index in [4.69, 9.17) is 9.57 Å². The standard InChI is InChI=1S/C35H50N2O2.C32H47N3O3.C31H44N2O3.C5H9.C2H7NO.BrH.Mg/c1-4-5-6-9-28-12-18-32(19-13-28)35(39)37(33-21-24-36(25-22-33)23-20-27(2)3)26-29-14-16-31(17-15-29)34(38)30-10-7-8-11-30;1-6-7-8-9-26-10-14-29(15-11-26)32(37)35(30-19-22-34(23-20-30)21-18-25(2)3)24-27-12-16-28(17-13-27)31(36)33(4)38-5;1-5-6-7-8-25-9-13-27(14-10-25)30(34)33(23-26-11-15-28(16-12-26)31(35)36-4)29-18-21-32(22-19-29)20-17-24(2)3;1-2-4-5-3-1;1-3-4-2;;/h12-19,27,30,33H,4-11,20-26H2,1-3H3;10-17,25,30H,6-9,18-24H2,1-5H3;9-16,24,29H,5-8,17-23H2,1-4H3;1H,2-5H2;3H,1-2H3;1H;/q;;;-1;;;+2/p-1. The number of hydrogen-bond donors (Lipinski definition) is 1. The first-order valence-electron chi connectivity index (χ1n) is 47.2. The van der Waals surface area contributed by atoms with Gasteiger partial charge in [0, 0.05) is 125 Å². The second kappa shape index (κ2) is 61.0. The number of ether oxygens (including phenoxy) is 1. The fourth-order valence-electron chi connectivity index (χ4n) is 16.9. The van der Waals surface area contributed by atoms with Crippen LogP contribution in [0.25, 0.3) is 0 Å². The summed E-state index contributed by atoms with van der Waals surface area (Å²) in [5.41, 5.74) is 13.7. The number of methoxy groups -OCH3 is 1. The van der Waals surface area contributed by atoms with Crippen LogP contribution in [0.3, 0.4) is 0 Å². The Morgan fingerprint density at radius 1 is 0.395 bits per heavy atom. The molecule has 17 nitrogen and oxygen atoms in total. The third-order valence-electron chi connectivity index (χ3n) is 25.1. The van der Waals surface area contributed by atoms with Gasteiger partial charge in [-0.1, -0.05) is 211 Å². The van der Waals surface area contributed by atoms with Crippen molar-refractivity contribution in [1.82, 2.24) is 39.9 Å². The fraction of sp³-hybridized carbons (Fsp3) is 0.590. The Morgan fingerprint density at radius 2 is 0.669 bits per heavy atom. The number of carbonyl (C=O) groups is 6. The fourth-order valence-corrected chi connectivity index (χ4v) is 16.9. The van der Waals surface area contributed by atoms with Gasteiger partial charge >= 0.3 is 29.0 Å². The number of amides is 4. The number of aryl methyl sites for hydroxylation is 3. The quantitative estimate of drug-likeness (QED) is 0.00969. The number of Topliss-reactive ketones (excluding diaryl/α,β-unsaturated/α-hetero) is 1. The van der Waals surface area contributed by atoms with Gasteiger partial charge in [-0.2, -0.15) is 12.8 Å². The minimum Gasteiger partial charge on any atom is -1.00 e. The Bertz CT molecular complexity index is 3900. The predicted octanol–water partition coefficient (Wildman–Crippen LogP) is 18.7. The summed E-state index contributed by atoms with van der Waals surface area (Å²) in [5.74, 6) is 2.38. The minimum atomic E-state index is -0.345. The Labute approximate surface area is 776 Å². The van der Waals surface area contributed by atoms with Crippen molar-refractivity contribution in [3.63, 3.8) is 0 Å². The van der Waals surface area contributed by atoms with Crippen LogP contribution in [0.1, 0.15) is 325 Å². The molecule has 2 saturated carbocycles. The molecule has 4 amide bonds. The molecule has 0 spiro atoms.